The normalized spacial score (nSPS) is 28.1. The van der Waals surface area contributed by atoms with Crippen LogP contribution in [0.4, 0.5) is 14.6 Å². The smallest absolute Gasteiger partial charge is 0.319 e. The molecule has 7 nitrogen and oxygen atoms in total. The average molecular weight is 549 g/mol. The minimum Gasteiger partial charge on any atom is -0.461 e. The predicted octanol–water partition coefficient (Wildman–Crippen LogP) is 4.93. The number of nitrogens with one attached hydrogen (secondary N) is 1. The van der Waals surface area contributed by atoms with E-state index >= 15 is 4.39 Å². The van der Waals surface area contributed by atoms with E-state index in [1.165, 1.54) is 0 Å². The van der Waals surface area contributed by atoms with Crippen molar-refractivity contribution in [2.75, 3.05) is 37.7 Å². The Kier molecular flexibility index (Phi) is 6.62. The van der Waals surface area contributed by atoms with Gasteiger partial charge in [-0.3, -0.25) is 9.88 Å². The molecule has 4 aliphatic rings. The highest BCUT2D eigenvalue weighted by molar-refractivity contribution is 5.92. The first-order valence-electron chi connectivity index (χ1n) is 14.9. The van der Waals surface area contributed by atoms with Crippen LogP contribution in [0.15, 0.2) is 30.5 Å². The third kappa shape index (κ3) is 4.61. The van der Waals surface area contributed by atoms with Gasteiger partial charge in [0.15, 0.2) is 5.82 Å². The maximum Gasteiger partial charge on any atom is 0.319 e. The second kappa shape index (κ2) is 10.2. The van der Waals surface area contributed by atoms with Gasteiger partial charge in [-0.25, -0.2) is 8.78 Å². The number of halogens is 2. The number of alkyl halides is 1. The fourth-order valence-electron chi connectivity index (χ4n) is 7.50. The Morgan fingerprint density at radius 2 is 1.93 bits per heavy atom. The summed E-state index contributed by atoms with van der Waals surface area (Å²) in [6.07, 6.45) is 6.35. The van der Waals surface area contributed by atoms with E-state index in [1.807, 2.05) is 24.3 Å². The minimum atomic E-state index is -0.842. The lowest BCUT2D eigenvalue weighted by Gasteiger charge is -2.34. The van der Waals surface area contributed by atoms with Gasteiger partial charge in [-0.2, -0.15) is 9.97 Å². The van der Waals surface area contributed by atoms with Crippen molar-refractivity contribution in [2.24, 2.45) is 5.92 Å². The van der Waals surface area contributed by atoms with Crippen LogP contribution in [0, 0.1) is 11.7 Å². The van der Waals surface area contributed by atoms with Crippen LogP contribution in [0.2, 0.25) is 0 Å². The largest absolute Gasteiger partial charge is 0.461 e. The fraction of sp³-hybridized carbons (Fsp3) is 0.581. The molecule has 1 aromatic carbocycles. The van der Waals surface area contributed by atoms with Gasteiger partial charge in [0.05, 0.1) is 10.9 Å². The lowest BCUT2D eigenvalue weighted by molar-refractivity contribution is 0.107. The first kappa shape index (κ1) is 26.0. The Morgan fingerprint density at radius 1 is 1.12 bits per heavy atom. The molecule has 9 heteroatoms. The Hall–Kier alpha value is -2.91. The van der Waals surface area contributed by atoms with Crippen LogP contribution in [-0.4, -0.2) is 76.4 Å². The molecule has 2 bridgehead atoms. The Balaban J connectivity index is 1.30. The standard InChI is InChI=1S/C31H38F2N6O/c1-19(2)12-20-6-3-4-7-24(20)27-26(33)28-25(14-34-27)29(38-16-22-8-9-23(17-38)35-22)37-30(36-28)40-18-31-10-5-11-39(31)15-21(32)13-31/h3-4,6-7,14,19,21-23,35H,5,8-13,15-18H2,1-2H3/t21?,22-,23+,31?. The van der Waals surface area contributed by atoms with E-state index in [-0.39, 0.29) is 17.1 Å². The number of hydrogen-bond acceptors (Lipinski definition) is 7. The lowest BCUT2D eigenvalue weighted by Crippen LogP contribution is -2.51. The first-order chi connectivity index (χ1) is 19.4. The summed E-state index contributed by atoms with van der Waals surface area (Å²) in [5.41, 5.74) is 2.06. The molecular weight excluding hydrogens is 510 g/mol. The predicted molar refractivity (Wildman–Crippen MR) is 152 cm³/mol. The number of anilines is 1. The van der Waals surface area contributed by atoms with E-state index in [2.05, 4.69) is 38.9 Å². The summed E-state index contributed by atoms with van der Waals surface area (Å²) in [4.78, 5) is 18.6. The van der Waals surface area contributed by atoms with Gasteiger partial charge in [0.2, 0.25) is 0 Å². The number of pyridine rings is 1. The van der Waals surface area contributed by atoms with Crippen LogP contribution in [-0.2, 0) is 6.42 Å². The topological polar surface area (TPSA) is 66.4 Å². The molecule has 212 valence electrons. The molecule has 7 rings (SSSR count). The number of nitrogens with zero attached hydrogens (tertiary/aromatic N) is 5. The second-order valence-electron chi connectivity index (χ2n) is 12.7. The highest BCUT2D eigenvalue weighted by atomic mass is 19.1. The molecule has 2 unspecified atom stereocenters. The van der Waals surface area contributed by atoms with Crippen LogP contribution in [0.3, 0.4) is 0 Å². The highest BCUT2D eigenvalue weighted by Crippen LogP contribution is 2.41. The molecule has 6 heterocycles. The number of hydrogen-bond donors (Lipinski definition) is 1. The molecule has 4 atom stereocenters. The van der Waals surface area contributed by atoms with E-state index < -0.39 is 12.0 Å². The molecule has 0 saturated carbocycles. The molecule has 2 aromatic heterocycles. The molecule has 0 amide bonds. The Morgan fingerprint density at radius 3 is 2.73 bits per heavy atom. The number of piperazine rings is 1. The van der Waals surface area contributed by atoms with Crippen molar-refractivity contribution in [3.63, 3.8) is 0 Å². The number of rotatable bonds is 7. The van der Waals surface area contributed by atoms with Gasteiger partial charge in [0.25, 0.3) is 0 Å². The van der Waals surface area contributed by atoms with Crippen LogP contribution >= 0.6 is 0 Å². The quantitative estimate of drug-likeness (QED) is 0.449. The highest BCUT2D eigenvalue weighted by Gasteiger charge is 2.49. The number of fused-ring (bicyclic) bond motifs is 4. The van der Waals surface area contributed by atoms with E-state index in [0.29, 0.717) is 54.5 Å². The van der Waals surface area contributed by atoms with Gasteiger partial charge in [-0.1, -0.05) is 38.1 Å². The van der Waals surface area contributed by atoms with Gasteiger partial charge >= 0.3 is 6.01 Å². The Labute approximate surface area is 234 Å². The van der Waals surface area contributed by atoms with E-state index in [4.69, 9.17) is 9.72 Å². The zero-order chi connectivity index (χ0) is 27.4. The van der Waals surface area contributed by atoms with E-state index in [0.717, 1.165) is 62.9 Å². The number of aromatic nitrogens is 3. The molecule has 0 aliphatic carbocycles. The van der Waals surface area contributed by atoms with Crippen molar-refractivity contribution in [3.8, 4) is 17.3 Å². The summed E-state index contributed by atoms with van der Waals surface area (Å²) in [5, 5.41) is 4.26. The van der Waals surface area contributed by atoms with Crippen LogP contribution in [0.25, 0.3) is 22.2 Å². The zero-order valence-electron chi connectivity index (χ0n) is 23.4. The summed E-state index contributed by atoms with van der Waals surface area (Å²) in [7, 11) is 0. The second-order valence-corrected chi connectivity index (χ2v) is 12.7. The van der Waals surface area contributed by atoms with Crippen molar-refractivity contribution in [1.29, 1.82) is 0 Å². The third-order valence-corrected chi connectivity index (χ3v) is 9.29. The molecule has 0 radical (unpaired) electrons. The van der Waals surface area contributed by atoms with Crippen molar-refractivity contribution in [3.05, 3.63) is 41.8 Å². The summed E-state index contributed by atoms with van der Waals surface area (Å²) in [5.74, 6) is 0.642. The van der Waals surface area contributed by atoms with Gasteiger partial charge in [-0.05, 0) is 50.1 Å². The SMILES string of the molecule is CC(C)Cc1ccccc1-c1ncc2c(N3C[C@H]4CC[C@@H](C3)N4)nc(OCC34CCCN3CC(F)C4)nc2c1F. The Bertz CT molecular complexity index is 1410. The van der Waals surface area contributed by atoms with Crippen molar-refractivity contribution < 1.29 is 13.5 Å². The summed E-state index contributed by atoms with van der Waals surface area (Å²) < 4.78 is 37.1. The van der Waals surface area contributed by atoms with E-state index in [9.17, 15) is 4.39 Å². The number of ether oxygens (including phenoxy) is 1. The molecule has 0 spiro atoms. The van der Waals surface area contributed by atoms with Crippen molar-refractivity contribution in [1.82, 2.24) is 25.2 Å². The molecule has 4 fully saturated rings. The van der Waals surface area contributed by atoms with Crippen LogP contribution in [0.1, 0.15) is 51.5 Å². The lowest BCUT2D eigenvalue weighted by atomic mass is 9.95. The molecule has 4 saturated heterocycles. The fourth-order valence-corrected chi connectivity index (χ4v) is 7.50. The first-order valence-corrected chi connectivity index (χ1v) is 14.9. The van der Waals surface area contributed by atoms with E-state index in [1.54, 1.807) is 6.20 Å². The van der Waals surface area contributed by atoms with Crippen LogP contribution < -0.4 is 15.0 Å². The summed E-state index contributed by atoms with van der Waals surface area (Å²) >= 11 is 0. The monoisotopic (exact) mass is 548 g/mol. The molecule has 3 aromatic rings. The minimum absolute atomic E-state index is 0.156. The molecular formula is C31H38F2N6O. The van der Waals surface area contributed by atoms with Gasteiger partial charge in [0.1, 0.15) is 29.8 Å². The molecule has 1 N–H and O–H groups in total. The maximum atomic E-state index is 16.5. The summed E-state index contributed by atoms with van der Waals surface area (Å²) in [6.45, 7) is 7.55. The van der Waals surface area contributed by atoms with Gasteiger partial charge in [0, 0.05) is 49.9 Å². The zero-order valence-corrected chi connectivity index (χ0v) is 23.4. The molecule has 40 heavy (non-hydrogen) atoms. The maximum absolute atomic E-state index is 16.5. The summed E-state index contributed by atoms with van der Waals surface area (Å²) in [6, 6.07) is 8.82. The van der Waals surface area contributed by atoms with Crippen molar-refractivity contribution >= 4 is 16.7 Å². The molecule has 4 aliphatic heterocycles. The van der Waals surface area contributed by atoms with Crippen molar-refractivity contribution in [2.45, 2.75) is 76.2 Å². The number of benzene rings is 1. The van der Waals surface area contributed by atoms with Crippen LogP contribution in [0.5, 0.6) is 6.01 Å². The van der Waals surface area contributed by atoms with Gasteiger partial charge < -0.3 is 15.0 Å². The third-order valence-electron chi connectivity index (χ3n) is 9.29. The van der Waals surface area contributed by atoms with Gasteiger partial charge in [-0.15, -0.1) is 0 Å². The average Bonchev–Trinajstić information content (AvgIpc) is 3.58.